The molecule has 23 heavy (non-hydrogen) atoms. The molecule has 0 radical (unpaired) electrons. The summed E-state index contributed by atoms with van der Waals surface area (Å²) >= 11 is 0. The predicted octanol–water partition coefficient (Wildman–Crippen LogP) is 3.02. The Balaban J connectivity index is 2.62. The van der Waals surface area contributed by atoms with E-state index >= 15 is 0 Å². The Hall–Kier alpha value is -2.25. The number of unbranched alkanes of at least 4 members (excludes halogenated alkanes) is 1. The summed E-state index contributed by atoms with van der Waals surface area (Å²) in [7, 11) is 0. The Labute approximate surface area is 131 Å². The number of benzene rings is 1. The first kappa shape index (κ1) is 18.8. The maximum absolute atomic E-state index is 13.5. The topological polar surface area (TPSA) is 75.6 Å². The molecule has 0 spiro atoms. The van der Waals surface area contributed by atoms with Gasteiger partial charge in [0.1, 0.15) is 11.9 Å². The molecule has 1 unspecified atom stereocenters. The molecule has 0 bridgehead atoms. The second-order valence-electron chi connectivity index (χ2n) is 4.92. The van der Waals surface area contributed by atoms with Crippen LogP contribution in [0.5, 0.6) is 0 Å². The number of aryl methyl sites for hydroxylation is 1. The average molecular weight is 333 g/mol. The van der Waals surface area contributed by atoms with Gasteiger partial charge in [0.25, 0.3) is 0 Å². The van der Waals surface area contributed by atoms with Crippen LogP contribution in [0.25, 0.3) is 0 Å². The number of hydrogen-bond acceptors (Lipinski definition) is 3. The van der Waals surface area contributed by atoms with E-state index in [1.54, 1.807) is 0 Å². The van der Waals surface area contributed by atoms with E-state index in [1.807, 2.05) is 6.92 Å². The molecule has 0 fully saturated rings. The van der Waals surface area contributed by atoms with Crippen LogP contribution in [0.1, 0.15) is 31.7 Å². The highest BCUT2D eigenvalue weighted by molar-refractivity contribution is 5.79. The molecule has 5 nitrogen and oxygen atoms in total. The van der Waals surface area contributed by atoms with Crippen LogP contribution >= 0.6 is 0 Å². The van der Waals surface area contributed by atoms with Gasteiger partial charge in [-0.2, -0.15) is 0 Å². The second-order valence-corrected chi connectivity index (χ2v) is 4.92. The predicted molar refractivity (Wildman–Crippen MR) is 75.5 cm³/mol. The maximum Gasteiger partial charge on any atom is 0.407 e. The standard InChI is InChI=1S/C15H18F3NO4/c1-2-3-6-23-15(22)19-13(14(20)21)5-4-9-7-11(17)12(18)8-10(9)16/h7-8,13H,2-6H2,1H3,(H,19,22)(H,20,21). The van der Waals surface area contributed by atoms with E-state index in [9.17, 15) is 22.8 Å². The highest BCUT2D eigenvalue weighted by atomic mass is 19.2. The molecule has 1 amide bonds. The van der Waals surface area contributed by atoms with E-state index in [0.29, 0.717) is 18.6 Å². The van der Waals surface area contributed by atoms with Gasteiger partial charge in [-0.3, -0.25) is 0 Å². The Bertz CT molecular complexity index is 566. The first-order valence-electron chi connectivity index (χ1n) is 7.14. The molecule has 0 saturated carbocycles. The SMILES string of the molecule is CCCCOC(=O)NC(CCc1cc(F)c(F)cc1F)C(=O)O. The summed E-state index contributed by atoms with van der Waals surface area (Å²) in [6.07, 6.45) is 0.183. The number of aliphatic carboxylic acids is 1. The van der Waals surface area contributed by atoms with Crippen molar-refractivity contribution in [2.75, 3.05) is 6.61 Å². The molecular formula is C15H18F3NO4. The number of rotatable bonds is 8. The number of amides is 1. The lowest BCUT2D eigenvalue weighted by Gasteiger charge is -2.15. The van der Waals surface area contributed by atoms with Gasteiger partial charge in [-0.15, -0.1) is 0 Å². The van der Waals surface area contributed by atoms with Crippen LogP contribution in [0, 0.1) is 17.5 Å². The molecule has 0 aliphatic carbocycles. The fourth-order valence-electron chi connectivity index (χ4n) is 1.81. The molecule has 0 aliphatic heterocycles. The summed E-state index contributed by atoms with van der Waals surface area (Å²) in [4.78, 5) is 22.5. The first-order chi connectivity index (χ1) is 10.8. The van der Waals surface area contributed by atoms with Crippen molar-refractivity contribution in [1.82, 2.24) is 5.32 Å². The third kappa shape index (κ3) is 6.17. The lowest BCUT2D eigenvalue weighted by atomic mass is 10.0. The van der Waals surface area contributed by atoms with Crippen molar-refractivity contribution in [1.29, 1.82) is 0 Å². The summed E-state index contributed by atoms with van der Waals surface area (Å²) in [6.45, 7) is 2.06. The van der Waals surface area contributed by atoms with Gasteiger partial charge in [0.2, 0.25) is 0 Å². The minimum absolute atomic E-state index is 0.159. The summed E-state index contributed by atoms with van der Waals surface area (Å²) < 4.78 is 44.2. The zero-order valence-electron chi connectivity index (χ0n) is 12.6. The fraction of sp³-hybridized carbons (Fsp3) is 0.467. The van der Waals surface area contributed by atoms with Crippen molar-refractivity contribution in [2.24, 2.45) is 0 Å². The number of ether oxygens (including phenoxy) is 1. The third-order valence-corrected chi connectivity index (χ3v) is 3.11. The average Bonchev–Trinajstić information content (AvgIpc) is 2.48. The van der Waals surface area contributed by atoms with E-state index in [0.717, 1.165) is 6.42 Å². The van der Waals surface area contributed by atoms with Crippen LogP contribution in [-0.2, 0) is 16.0 Å². The number of nitrogens with one attached hydrogen (secondary N) is 1. The summed E-state index contributed by atoms with van der Waals surface area (Å²) in [6, 6.07) is -0.257. The molecule has 1 aromatic rings. The van der Waals surface area contributed by atoms with Crippen molar-refractivity contribution >= 4 is 12.1 Å². The lowest BCUT2D eigenvalue weighted by Crippen LogP contribution is -2.41. The number of carbonyl (C=O) groups is 2. The van der Waals surface area contributed by atoms with Crippen LogP contribution in [0.4, 0.5) is 18.0 Å². The molecule has 128 valence electrons. The molecule has 1 aromatic carbocycles. The quantitative estimate of drug-likeness (QED) is 0.566. The largest absolute Gasteiger partial charge is 0.480 e. The van der Waals surface area contributed by atoms with Crippen molar-refractivity contribution in [3.63, 3.8) is 0 Å². The number of halogens is 3. The van der Waals surface area contributed by atoms with E-state index in [1.165, 1.54) is 0 Å². The Morgan fingerprint density at radius 3 is 2.48 bits per heavy atom. The number of carboxylic acid groups (broad SMARTS) is 1. The van der Waals surface area contributed by atoms with Crippen molar-refractivity contribution in [2.45, 2.75) is 38.6 Å². The van der Waals surface area contributed by atoms with Crippen molar-refractivity contribution in [3.8, 4) is 0 Å². The molecule has 0 saturated heterocycles. The Morgan fingerprint density at radius 1 is 1.22 bits per heavy atom. The first-order valence-corrected chi connectivity index (χ1v) is 7.14. The van der Waals surface area contributed by atoms with E-state index in [4.69, 9.17) is 9.84 Å². The summed E-state index contributed by atoms with van der Waals surface area (Å²) in [5, 5.41) is 11.2. The summed E-state index contributed by atoms with van der Waals surface area (Å²) in [5.74, 6) is -4.85. The number of carboxylic acids is 1. The molecule has 1 rings (SSSR count). The van der Waals surface area contributed by atoms with E-state index < -0.39 is 35.6 Å². The number of carbonyl (C=O) groups excluding carboxylic acids is 1. The van der Waals surface area contributed by atoms with Gasteiger partial charge in [0.15, 0.2) is 11.6 Å². The van der Waals surface area contributed by atoms with Gasteiger partial charge in [0.05, 0.1) is 6.61 Å². The number of alkyl carbamates (subject to hydrolysis) is 1. The Kier molecular flexibility index (Phi) is 7.37. The molecule has 8 heteroatoms. The van der Waals surface area contributed by atoms with Crippen LogP contribution in [-0.4, -0.2) is 29.8 Å². The molecular weight excluding hydrogens is 315 g/mol. The van der Waals surface area contributed by atoms with Crippen molar-refractivity contribution < 1.29 is 32.6 Å². The van der Waals surface area contributed by atoms with E-state index in [2.05, 4.69) is 5.32 Å². The van der Waals surface area contributed by atoms with Crippen LogP contribution in [0.3, 0.4) is 0 Å². The van der Waals surface area contributed by atoms with Gasteiger partial charge < -0.3 is 15.2 Å². The minimum atomic E-state index is -1.33. The van der Waals surface area contributed by atoms with Crippen LogP contribution in [0.15, 0.2) is 12.1 Å². The van der Waals surface area contributed by atoms with Gasteiger partial charge in [-0.25, -0.2) is 22.8 Å². The smallest absolute Gasteiger partial charge is 0.407 e. The van der Waals surface area contributed by atoms with Crippen molar-refractivity contribution in [3.05, 3.63) is 35.1 Å². The second kappa shape index (κ2) is 9.02. The maximum atomic E-state index is 13.5. The third-order valence-electron chi connectivity index (χ3n) is 3.11. The molecule has 0 aliphatic rings. The summed E-state index contributed by atoms with van der Waals surface area (Å²) in [5.41, 5.74) is -0.170. The van der Waals surface area contributed by atoms with Gasteiger partial charge in [0, 0.05) is 6.07 Å². The normalized spacial score (nSPS) is 11.8. The minimum Gasteiger partial charge on any atom is -0.480 e. The molecule has 1 atom stereocenters. The Morgan fingerprint density at radius 2 is 1.87 bits per heavy atom. The highest BCUT2D eigenvalue weighted by Gasteiger charge is 2.21. The zero-order valence-corrected chi connectivity index (χ0v) is 12.6. The molecule has 0 aromatic heterocycles. The van der Waals surface area contributed by atoms with Gasteiger partial charge in [-0.1, -0.05) is 13.3 Å². The zero-order chi connectivity index (χ0) is 17.4. The number of hydrogen-bond donors (Lipinski definition) is 2. The van der Waals surface area contributed by atoms with Crippen LogP contribution in [0.2, 0.25) is 0 Å². The van der Waals surface area contributed by atoms with Crippen LogP contribution < -0.4 is 5.32 Å². The molecule has 2 N–H and O–H groups in total. The highest BCUT2D eigenvalue weighted by Crippen LogP contribution is 2.16. The molecule has 0 heterocycles. The fourth-order valence-corrected chi connectivity index (χ4v) is 1.81. The monoisotopic (exact) mass is 333 g/mol. The van der Waals surface area contributed by atoms with Gasteiger partial charge >= 0.3 is 12.1 Å². The lowest BCUT2D eigenvalue weighted by molar-refractivity contribution is -0.139. The van der Waals surface area contributed by atoms with E-state index in [-0.39, 0.29) is 25.0 Å². The van der Waals surface area contributed by atoms with Gasteiger partial charge in [-0.05, 0) is 30.9 Å².